The van der Waals surface area contributed by atoms with Crippen molar-refractivity contribution in [3.8, 4) is 11.8 Å². The van der Waals surface area contributed by atoms with Crippen molar-refractivity contribution in [1.82, 2.24) is 9.97 Å². The number of hydrogen-bond donors (Lipinski definition) is 1. The van der Waals surface area contributed by atoms with Gasteiger partial charge in [-0.1, -0.05) is 11.8 Å². The fraction of sp³-hybridized carbons (Fsp3) is 0.0909. The molecule has 0 bridgehead atoms. The third-order valence-electron chi connectivity index (χ3n) is 1.84. The molecule has 2 N–H and O–H groups in total. The maximum Gasteiger partial charge on any atom is 0.116 e. The molecule has 0 spiro atoms. The Kier molecular flexibility index (Phi) is 2.39. The van der Waals surface area contributed by atoms with Crippen molar-refractivity contribution in [2.75, 3.05) is 6.54 Å². The number of nitrogens with zero attached hydrogens (tertiary/aromatic N) is 2. The van der Waals surface area contributed by atoms with E-state index in [4.69, 9.17) is 5.73 Å². The van der Waals surface area contributed by atoms with E-state index in [1.807, 2.05) is 18.2 Å². The van der Waals surface area contributed by atoms with Gasteiger partial charge >= 0.3 is 0 Å². The molecule has 0 unspecified atom stereocenters. The first-order valence-corrected chi connectivity index (χ1v) is 4.29. The Morgan fingerprint density at radius 1 is 1.36 bits per heavy atom. The third kappa shape index (κ3) is 1.70. The minimum atomic E-state index is 0.378. The van der Waals surface area contributed by atoms with Gasteiger partial charge < -0.3 is 5.73 Å². The molecule has 3 heteroatoms. The normalized spacial score (nSPS) is 9.50. The molecule has 3 nitrogen and oxygen atoms in total. The predicted octanol–water partition coefficient (Wildman–Crippen LogP) is 0.940. The molecule has 0 atom stereocenters. The Bertz CT molecular complexity index is 508. The first-order chi connectivity index (χ1) is 6.90. The average Bonchev–Trinajstić information content (AvgIpc) is 2.26. The number of fused-ring (bicyclic) bond motifs is 1. The highest BCUT2D eigenvalue weighted by molar-refractivity contribution is 5.78. The summed E-state index contributed by atoms with van der Waals surface area (Å²) in [7, 11) is 0. The highest BCUT2D eigenvalue weighted by Gasteiger charge is 1.93. The lowest BCUT2D eigenvalue weighted by Crippen LogP contribution is -1.93. The quantitative estimate of drug-likeness (QED) is 0.618. The molecule has 14 heavy (non-hydrogen) atoms. The minimum absolute atomic E-state index is 0.378. The second-order valence-corrected chi connectivity index (χ2v) is 2.80. The van der Waals surface area contributed by atoms with Gasteiger partial charge in [0.25, 0.3) is 0 Å². The van der Waals surface area contributed by atoms with Crippen LogP contribution in [0.4, 0.5) is 0 Å². The first-order valence-electron chi connectivity index (χ1n) is 4.29. The molecule has 0 saturated carbocycles. The van der Waals surface area contributed by atoms with Crippen LogP contribution in [-0.4, -0.2) is 16.5 Å². The molecule has 2 rings (SSSR count). The van der Waals surface area contributed by atoms with Crippen LogP contribution in [-0.2, 0) is 0 Å². The van der Waals surface area contributed by atoms with Crippen LogP contribution >= 0.6 is 0 Å². The van der Waals surface area contributed by atoms with E-state index in [2.05, 4.69) is 21.8 Å². The Balaban J connectivity index is 2.51. The largest absolute Gasteiger partial charge is 0.320 e. The molecule has 68 valence electrons. The van der Waals surface area contributed by atoms with E-state index in [1.54, 1.807) is 6.20 Å². The zero-order chi connectivity index (χ0) is 9.80. The molecule has 0 saturated heterocycles. The number of hydrogen-bond acceptors (Lipinski definition) is 3. The molecule has 1 aromatic carbocycles. The average molecular weight is 183 g/mol. The van der Waals surface area contributed by atoms with Crippen molar-refractivity contribution >= 4 is 10.9 Å². The van der Waals surface area contributed by atoms with Crippen molar-refractivity contribution in [3.63, 3.8) is 0 Å². The van der Waals surface area contributed by atoms with E-state index in [0.29, 0.717) is 6.54 Å². The van der Waals surface area contributed by atoms with Crippen LogP contribution in [0.1, 0.15) is 5.56 Å². The molecule has 1 heterocycles. The number of aromatic nitrogens is 2. The Morgan fingerprint density at radius 2 is 2.29 bits per heavy atom. The van der Waals surface area contributed by atoms with Gasteiger partial charge in [0.05, 0.1) is 12.1 Å². The summed E-state index contributed by atoms with van der Waals surface area (Å²) in [6, 6.07) is 5.81. The van der Waals surface area contributed by atoms with Gasteiger partial charge in [0.1, 0.15) is 6.33 Å². The van der Waals surface area contributed by atoms with Gasteiger partial charge in [0, 0.05) is 17.1 Å². The van der Waals surface area contributed by atoms with Gasteiger partial charge in [-0.2, -0.15) is 0 Å². The summed E-state index contributed by atoms with van der Waals surface area (Å²) < 4.78 is 0. The molecular weight excluding hydrogens is 174 g/mol. The monoisotopic (exact) mass is 183 g/mol. The Hall–Kier alpha value is -1.92. The van der Waals surface area contributed by atoms with Gasteiger partial charge in [0.2, 0.25) is 0 Å². The topological polar surface area (TPSA) is 51.8 Å². The molecule has 2 aromatic rings. The van der Waals surface area contributed by atoms with E-state index in [0.717, 1.165) is 16.5 Å². The summed E-state index contributed by atoms with van der Waals surface area (Å²) in [5.74, 6) is 5.77. The van der Waals surface area contributed by atoms with E-state index in [9.17, 15) is 0 Å². The summed E-state index contributed by atoms with van der Waals surface area (Å²) in [4.78, 5) is 8.07. The Morgan fingerprint density at radius 3 is 3.14 bits per heavy atom. The van der Waals surface area contributed by atoms with Crippen molar-refractivity contribution in [3.05, 3.63) is 36.3 Å². The van der Waals surface area contributed by atoms with Crippen LogP contribution < -0.4 is 5.73 Å². The van der Waals surface area contributed by atoms with Gasteiger partial charge in [-0.25, -0.2) is 9.97 Å². The fourth-order valence-corrected chi connectivity index (χ4v) is 1.22. The first kappa shape index (κ1) is 8.67. The zero-order valence-corrected chi connectivity index (χ0v) is 7.57. The summed E-state index contributed by atoms with van der Waals surface area (Å²) in [6.07, 6.45) is 3.31. The van der Waals surface area contributed by atoms with E-state index in [1.165, 1.54) is 6.33 Å². The molecule has 0 aliphatic heterocycles. The summed E-state index contributed by atoms with van der Waals surface area (Å²) >= 11 is 0. The standard InChI is InChI=1S/C11H9N3/c12-5-1-2-9-3-4-11-10(6-9)7-13-8-14-11/h3-4,6-8H,5,12H2. The molecule has 0 aliphatic carbocycles. The molecule has 1 aromatic heterocycles. The second-order valence-electron chi connectivity index (χ2n) is 2.80. The highest BCUT2D eigenvalue weighted by atomic mass is 14.8. The second kappa shape index (κ2) is 3.86. The van der Waals surface area contributed by atoms with Crippen LogP contribution in [0.15, 0.2) is 30.7 Å². The van der Waals surface area contributed by atoms with E-state index in [-0.39, 0.29) is 0 Å². The number of rotatable bonds is 0. The highest BCUT2D eigenvalue weighted by Crippen LogP contribution is 2.10. The van der Waals surface area contributed by atoms with Crippen molar-refractivity contribution in [2.24, 2.45) is 5.73 Å². The van der Waals surface area contributed by atoms with Crippen molar-refractivity contribution in [1.29, 1.82) is 0 Å². The van der Waals surface area contributed by atoms with Crippen LogP contribution in [0.25, 0.3) is 10.9 Å². The lowest BCUT2D eigenvalue weighted by Gasteiger charge is -1.95. The lowest BCUT2D eigenvalue weighted by molar-refractivity contribution is 1.22. The summed E-state index contributed by atoms with van der Waals surface area (Å²) in [6.45, 7) is 0.378. The third-order valence-corrected chi connectivity index (χ3v) is 1.84. The van der Waals surface area contributed by atoms with E-state index >= 15 is 0 Å². The predicted molar refractivity (Wildman–Crippen MR) is 55.5 cm³/mol. The van der Waals surface area contributed by atoms with Crippen LogP contribution in [0.3, 0.4) is 0 Å². The van der Waals surface area contributed by atoms with Crippen molar-refractivity contribution < 1.29 is 0 Å². The van der Waals surface area contributed by atoms with Gasteiger partial charge in [-0.15, -0.1) is 0 Å². The molecule has 0 amide bonds. The minimum Gasteiger partial charge on any atom is -0.320 e. The lowest BCUT2D eigenvalue weighted by atomic mass is 10.1. The fourth-order valence-electron chi connectivity index (χ4n) is 1.22. The Labute approximate surface area is 82.0 Å². The maximum absolute atomic E-state index is 5.29. The number of nitrogens with two attached hydrogens (primary N) is 1. The van der Waals surface area contributed by atoms with Crippen LogP contribution in [0, 0.1) is 11.8 Å². The maximum atomic E-state index is 5.29. The summed E-state index contributed by atoms with van der Waals surface area (Å²) in [5.41, 5.74) is 7.16. The van der Waals surface area contributed by atoms with Gasteiger partial charge in [0.15, 0.2) is 0 Å². The summed E-state index contributed by atoms with van der Waals surface area (Å²) in [5, 5.41) is 0.997. The molecule has 0 fully saturated rings. The van der Waals surface area contributed by atoms with Crippen molar-refractivity contribution in [2.45, 2.75) is 0 Å². The van der Waals surface area contributed by atoms with E-state index < -0.39 is 0 Å². The van der Waals surface area contributed by atoms with Gasteiger partial charge in [-0.3, -0.25) is 0 Å². The van der Waals surface area contributed by atoms with Gasteiger partial charge in [-0.05, 0) is 18.2 Å². The SMILES string of the molecule is NCC#Cc1ccc2ncncc2c1. The zero-order valence-electron chi connectivity index (χ0n) is 7.57. The molecule has 0 radical (unpaired) electrons. The number of benzene rings is 1. The molecular formula is C11H9N3. The molecule has 0 aliphatic rings. The smallest absolute Gasteiger partial charge is 0.116 e. The van der Waals surface area contributed by atoms with Crippen LogP contribution in [0.2, 0.25) is 0 Å². The van der Waals surface area contributed by atoms with Crippen LogP contribution in [0.5, 0.6) is 0 Å².